The summed E-state index contributed by atoms with van der Waals surface area (Å²) in [7, 11) is -2.94. The van der Waals surface area contributed by atoms with Gasteiger partial charge in [-0.05, 0) is 27.7 Å². The third-order valence-corrected chi connectivity index (χ3v) is 5.67. The molecule has 1 fully saturated rings. The Labute approximate surface area is 117 Å². The van der Waals surface area contributed by atoms with Gasteiger partial charge in [-0.25, -0.2) is 8.42 Å². The van der Waals surface area contributed by atoms with Crippen LogP contribution in [0.2, 0.25) is 0 Å². The zero-order valence-corrected chi connectivity index (χ0v) is 13.4. The van der Waals surface area contributed by atoms with E-state index in [1.807, 2.05) is 13.8 Å². The van der Waals surface area contributed by atoms with Crippen molar-refractivity contribution in [3.8, 4) is 0 Å². The molecule has 5 nitrogen and oxygen atoms in total. The zero-order chi connectivity index (χ0) is 14.7. The van der Waals surface area contributed by atoms with Crippen LogP contribution in [0.1, 0.15) is 27.7 Å². The summed E-state index contributed by atoms with van der Waals surface area (Å²) in [4.78, 5) is 4.42. The standard InChI is InChI=1S/C13H28N2O3S/c1-12(2)19(17,18)10-9-14-5-7-15(8-6-14)11-13(3,4)16/h12,16H,5-11H2,1-4H3. The largest absolute Gasteiger partial charge is 0.389 e. The highest BCUT2D eigenvalue weighted by atomic mass is 32.2. The first-order valence-electron chi connectivity index (χ1n) is 6.99. The Hall–Kier alpha value is -0.170. The van der Waals surface area contributed by atoms with Crippen LogP contribution < -0.4 is 0 Å². The Kier molecular flexibility index (Phi) is 5.79. The molecule has 0 radical (unpaired) electrons. The molecular formula is C13H28N2O3S. The molecule has 0 aliphatic carbocycles. The van der Waals surface area contributed by atoms with E-state index in [0.717, 1.165) is 26.2 Å². The number of sulfone groups is 1. The SMILES string of the molecule is CC(C)S(=O)(=O)CCN1CCN(CC(C)(C)O)CC1. The summed E-state index contributed by atoms with van der Waals surface area (Å²) >= 11 is 0. The van der Waals surface area contributed by atoms with Crippen molar-refractivity contribution in [3.05, 3.63) is 0 Å². The summed E-state index contributed by atoms with van der Waals surface area (Å²) in [6, 6.07) is 0. The van der Waals surface area contributed by atoms with Crippen molar-refractivity contribution in [3.63, 3.8) is 0 Å². The number of rotatable bonds is 6. The van der Waals surface area contributed by atoms with Crippen molar-refractivity contribution < 1.29 is 13.5 Å². The lowest BCUT2D eigenvalue weighted by atomic mass is 10.1. The van der Waals surface area contributed by atoms with Crippen molar-refractivity contribution in [2.45, 2.75) is 38.5 Å². The number of β-amino-alcohol motifs (C(OH)–C–C–N with tert-alkyl or cyclic N) is 1. The van der Waals surface area contributed by atoms with Gasteiger partial charge in [-0.15, -0.1) is 0 Å². The molecule has 0 aromatic carbocycles. The van der Waals surface area contributed by atoms with Crippen LogP contribution in [-0.2, 0) is 9.84 Å². The Bertz CT molecular complexity index is 366. The first-order chi connectivity index (χ1) is 8.60. The highest BCUT2D eigenvalue weighted by molar-refractivity contribution is 7.92. The molecule has 0 aromatic rings. The van der Waals surface area contributed by atoms with E-state index < -0.39 is 15.4 Å². The van der Waals surface area contributed by atoms with Gasteiger partial charge in [-0.3, -0.25) is 9.80 Å². The van der Waals surface area contributed by atoms with Gasteiger partial charge in [-0.2, -0.15) is 0 Å². The fourth-order valence-corrected chi connectivity index (χ4v) is 3.19. The topological polar surface area (TPSA) is 60.9 Å². The number of piperazine rings is 1. The van der Waals surface area contributed by atoms with Crippen LogP contribution in [0.4, 0.5) is 0 Å². The fraction of sp³-hybridized carbons (Fsp3) is 1.00. The van der Waals surface area contributed by atoms with Crippen molar-refractivity contribution in [1.29, 1.82) is 0 Å². The number of nitrogens with zero attached hydrogens (tertiary/aromatic N) is 2. The van der Waals surface area contributed by atoms with Crippen LogP contribution in [-0.4, -0.2) is 79.2 Å². The molecule has 1 rings (SSSR count). The van der Waals surface area contributed by atoms with E-state index in [9.17, 15) is 13.5 Å². The van der Waals surface area contributed by atoms with E-state index in [1.165, 1.54) is 0 Å². The Balaban J connectivity index is 2.31. The molecule has 19 heavy (non-hydrogen) atoms. The highest BCUT2D eigenvalue weighted by Crippen LogP contribution is 2.09. The monoisotopic (exact) mass is 292 g/mol. The molecule has 1 aliphatic rings. The average Bonchev–Trinajstić information content (AvgIpc) is 2.26. The van der Waals surface area contributed by atoms with Gasteiger partial charge >= 0.3 is 0 Å². The van der Waals surface area contributed by atoms with E-state index in [-0.39, 0.29) is 11.0 Å². The maximum absolute atomic E-state index is 11.8. The number of hydrogen-bond acceptors (Lipinski definition) is 5. The molecule has 0 amide bonds. The molecule has 1 heterocycles. The van der Waals surface area contributed by atoms with Gasteiger partial charge < -0.3 is 5.11 Å². The Morgan fingerprint density at radius 3 is 2.00 bits per heavy atom. The van der Waals surface area contributed by atoms with Crippen molar-refractivity contribution in [2.75, 3.05) is 45.0 Å². The second-order valence-corrected chi connectivity index (χ2v) is 9.02. The van der Waals surface area contributed by atoms with Gasteiger partial charge in [0.05, 0.1) is 16.6 Å². The zero-order valence-electron chi connectivity index (χ0n) is 12.6. The molecular weight excluding hydrogens is 264 g/mol. The van der Waals surface area contributed by atoms with Gasteiger partial charge in [0.15, 0.2) is 9.84 Å². The van der Waals surface area contributed by atoms with Gasteiger partial charge in [0.25, 0.3) is 0 Å². The summed E-state index contributed by atoms with van der Waals surface area (Å²) in [5.74, 6) is 0.246. The summed E-state index contributed by atoms with van der Waals surface area (Å²) in [6.45, 7) is 11.9. The van der Waals surface area contributed by atoms with E-state index in [2.05, 4.69) is 9.80 Å². The fourth-order valence-electron chi connectivity index (χ4n) is 2.21. The van der Waals surface area contributed by atoms with Gasteiger partial charge in [-0.1, -0.05) is 0 Å². The number of hydrogen-bond donors (Lipinski definition) is 1. The van der Waals surface area contributed by atoms with Gasteiger partial charge in [0, 0.05) is 39.3 Å². The molecule has 1 saturated heterocycles. The van der Waals surface area contributed by atoms with Crippen molar-refractivity contribution >= 4 is 9.84 Å². The van der Waals surface area contributed by atoms with Gasteiger partial charge in [0.2, 0.25) is 0 Å². The summed E-state index contributed by atoms with van der Waals surface area (Å²) in [6.07, 6.45) is 0. The van der Waals surface area contributed by atoms with E-state index in [1.54, 1.807) is 13.8 Å². The Morgan fingerprint density at radius 2 is 1.58 bits per heavy atom. The quantitative estimate of drug-likeness (QED) is 0.758. The lowest BCUT2D eigenvalue weighted by molar-refractivity contribution is 0.0186. The second-order valence-electron chi connectivity index (χ2n) is 6.35. The van der Waals surface area contributed by atoms with E-state index in [0.29, 0.717) is 13.1 Å². The van der Waals surface area contributed by atoms with Crippen LogP contribution in [0.25, 0.3) is 0 Å². The van der Waals surface area contributed by atoms with Crippen LogP contribution in [0.3, 0.4) is 0 Å². The van der Waals surface area contributed by atoms with Crippen LogP contribution in [0.15, 0.2) is 0 Å². The molecule has 0 saturated carbocycles. The normalized spacial score (nSPS) is 20.1. The first kappa shape index (κ1) is 16.9. The van der Waals surface area contributed by atoms with Crippen molar-refractivity contribution in [2.24, 2.45) is 0 Å². The average molecular weight is 292 g/mol. The van der Waals surface area contributed by atoms with Crippen LogP contribution in [0, 0.1) is 0 Å². The minimum Gasteiger partial charge on any atom is -0.389 e. The number of aliphatic hydroxyl groups is 1. The smallest absolute Gasteiger partial charge is 0.153 e. The summed E-state index contributed by atoms with van der Waals surface area (Å²) in [5, 5.41) is 9.48. The third-order valence-electron chi connectivity index (χ3n) is 3.49. The summed E-state index contributed by atoms with van der Waals surface area (Å²) < 4.78 is 23.5. The highest BCUT2D eigenvalue weighted by Gasteiger charge is 2.24. The van der Waals surface area contributed by atoms with Gasteiger partial charge in [0.1, 0.15) is 0 Å². The molecule has 0 unspecified atom stereocenters. The van der Waals surface area contributed by atoms with E-state index >= 15 is 0 Å². The molecule has 0 spiro atoms. The third kappa shape index (κ3) is 6.21. The minimum absolute atomic E-state index is 0.246. The molecule has 0 aromatic heterocycles. The maximum Gasteiger partial charge on any atom is 0.153 e. The molecule has 114 valence electrons. The van der Waals surface area contributed by atoms with Crippen molar-refractivity contribution in [1.82, 2.24) is 9.80 Å². The van der Waals surface area contributed by atoms with Crippen LogP contribution >= 0.6 is 0 Å². The molecule has 0 atom stereocenters. The second kappa shape index (κ2) is 6.52. The lowest BCUT2D eigenvalue weighted by Crippen LogP contribution is -2.51. The van der Waals surface area contributed by atoms with E-state index in [4.69, 9.17) is 0 Å². The maximum atomic E-state index is 11.8. The molecule has 0 bridgehead atoms. The van der Waals surface area contributed by atoms with Crippen LogP contribution in [0.5, 0.6) is 0 Å². The first-order valence-corrected chi connectivity index (χ1v) is 8.70. The summed E-state index contributed by atoms with van der Waals surface area (Å²) in [5.41, 5.74) is -0.664. The molecule has 1 aliphatic heterocycles. The molecule has 1 N–H and O–H groups in total. The lowest BCUT2D eigenvalue weighted by Gasteiger charge is -2.37. The Morgan fingerprint density at radius 1 is 1.11 bits per heavy atom. The molecule has 6 heteroatoms. The predicted octanol–water partition coefficient (Wildman–Crippen LogP) is 0.198. The minimum atomic E-state index is -2.94. The predicted molar refractivity (Wildman–Crippen MR) is 78.1 cm³/mol.